The SMILES string of the molecule is c1ccc2c(c1)-c1ccccc1C21c2ccccc2-c2cc(-n3c4ccccc4c4ccccc43)c(-n3c4ccccc4c4ccccc43)cc21. The van der Waals surface area contributed by atoms with Crippen LogP contribution in [-0.4, -0.2) is 9.13 Å². The fourth-order valence-electron chi connectivity index (χ4n) is 9.84. The monoisotopic (exact) mass is 646 g/mol. The van der Waals surface area contributed by atoms with Gasteiger partial charge < -0.3 is 9.13 Å². The van der Waals surface area contributed by atoms with Crippen molar-refractivity contribution in [2.45, 2.75) is 5.41 Å². The van der Waals surface area contributed by atoms with E-state index >= 15 is 0 Å². The molecule has 2 nitrogen and oxygen atoms in total. The lowest BCUT2D eigenvalue weighted by atomic mass is 9.70. The van der Waals surface area contributed by atoms with Gasteiger partial charge in [-0.2, -0.15) is 0 Å². The maximum atomic E-state index is 2.55. The highest BCUT2D eigenvalue weighted by Crippen LogP contribution is 2.63. The van der Waals surface area contributed by atoms with E-state index in [0.29, 0.717) is 0 Å². The second-order valence-corrected chi connectivity index (χ2v) is 14.0. The largest absolute Gasteiger partial charge is 0.307 e. The first-order valence-electron chi connectivity index (χ1n) is 17.8. The maximum Gasteiger partial charge on any atom is 0.0726 e. The number of rotatable bonds is 2. The maximum absolute atomic E-state index is 2.55. The van der Waals surface area contributed by atoms with Crippen LogP contribution in [0.5, 0.6) is 0 Å². The third-order valence-electron chi connectivity index (χ3n) is 11.7. The molecule has 0 N–H and O–H groups in total. The van der Waals surface area contributed by atoms with E-state index in [-0.39, 0.29) is 0 Å². The van der Waals surface area contributed by atoms with Crippen LogP contribution in [0.4, 0.5) is 0 Å². The van der Waals surface area contributed by atoms with E-state index in [2.05, 4.69) is 191 Å². The lowest BCUT2D eigenvalue weighted by Crippen LogP contribution is -2.26. The van der Waals surface area contributed by atoms with E-state index in [1.165, 1.54) is 99.5 Å². The smallest absolute Gasteiger partial charge is 0.0726 e. The summed E-state index contributed by atoms with van der Waals surface area (Å²) in [6, 6.07) is 67.8. The second-order valence-electron chi connectivity index (χ2n) is 14.0. The van der Waals surface area contributed by atoms with Crippen LogP contribution in [0.1, 0.15) is 22.3 Å². The predicted octanol–water partition coefficient (Wildman–Crippen LogP) is 12.2. The van der Waals surface area contributed by atoms with E-state index in [9.17, 15) is 0 Å². The minimum Gasteiger partial charge on any atom is -0.307 e. The summed E-state index contributed by atoms with van der Waals surface area (Å²) in [5.74, 6) is 0. The van der Waals surface area contributed by atoms with E-state index in [1.54, 1.807) is 0 Å². The van der Waals surface area contributed by atoms with Gasteiger partial charge in [-0.3, -0.25) is 0 Å². The zero-order chi connectivity index (χ0) is 33.3. The number of nitrogens with zero attached hydrogens (tertiary/aromatic N) is 2. The third kappa shape index (κ3) is 3.28. The van der Waals surface area contributed by atoms with Gasteiger partial charge in [-0.1, -0.05) is 146 Å². The van der Waals surface area contributed by atoms with Gasteiger partial charge in [0.05, 0.1) is 38.9 Å². The zero-order valence-electron chi connectivity index (χ0n) is 27.7. The molecule has 8 aromatic carbocycles. The molecule has 12 rings (SSSR count). The average molecular weight is 647 g/mol. The van der Waals surface area contributed by atoms with Crippen LogP contribution in [0.3, 0.4) is 0 Å². The van der Waals surface area contributed by atoms with E-state index < -0.39 is 5.41 Å². The highest BCUT2D eigenvalue weighted by molar-refractivity contribution is 6.12. The third-order valence-corrected chi connectivity index (χ3v) is 11.7. The first kappa shape index (κ1) is 27.2. The van der Waals surface area contributed by atoms with Gasteiger partial charge in [-0.15, -0.1) is 0 Å². The number of aromatic nitrogens is 2. The van der Waals surface area contributed by atoms with Crippen molar-refractivity contribution in [3.63, 3.8) is 0 Å². The Hall–Kier alpha value is -6.64. The Bertz CT molecular complexity index is 2950. The van der Waals surface area contributed by atoms with E-state index in [1.807, 2.05) is 0 Å². The molecule has 236 valence electrons. The Balaban J connectivity index is 1.32. The van der Waals surface area contributed by atoms with Crippen molar-refractivity contribution in [3.8, 4) is 33.6 Å². The molecule has 0 fully saturated rings. The number of fused-ring (bicyclic) bond motifs is 16. The molecule has 2 aliphatic rings. The van der Waals surface area contributed by atoms with Gasteiger partial charge in [-0.25, -0.2) is 0 Å². The summed E-state index contributed by atoms with van der Waals surface area (Å²) in [6.07, 6.45) is 0. The van der Waals surface area contributed by atoms with Gasteiger partial charge in [0.25, 0.3) is 0 Å². The average Bonchev–Trinajstić information content (AvgIpc) is 3.89. The highest BCUT2D eigenvalue weighted by atomic mass is 15.1. The second kappa shape index (κ2) is 9.74. The fraction of sp³-hybridized carbons (Fsp3) is 0.0204. The number of para-hydroxylation sites is 4. The summed E-state index contributed by atoms with van der Waals surface area (Å²) >= 11 is 0. The summed E-state index contributed by atoms with van der Waals surface area (Å²) in [5.41, 5.74) is 17.4. The molecule has 2 heteroatoms. The van der Waals surface area contributed by atoms with Crippen LogP contribution in [-0.2, 0) is 5.41 Å². The molecular formula is C49H30N2. The van der Waals surface area contributed by atoms with Gasteiger partial charge in [0.2, 0.25) is 0 Å². The molecule has 0 saturated heterocycles. The van der Waals surface area contributed by atoms with Crippen molar-refractivity contribution in [1.82, 2.24) is 9.13 Å². The Labute approximate surface area is 295 Å². The van der Waals surface area contributed by atoms with Crippen LogP contribution in [0.2, 0.25) is 0 Å². The minimum absolute atomic E-state index is 0.439. The van der Waals surface area contributed by atoms with Crippen molar-refractivity contribution in [2.24, 2.45) is 0 Å². The normalized spacial score (nSPS) is 13.6. The van der Waals surface area contributed by atoms with Gasteiger partial charge in [0, 0.05) is 21.5 Å². The van der Waals surface area contributed by atoms with Crippen molar-refractivity contribution in [1.29, 1.82) is 0 Å². The van der Waals surface area contributed by atoms with Crippen molar-refractivity contribution >= 4 is 43.6 Å². The first-order valence-corrected chi connectivity index (χ1v) is 17.8. The Morgan fingerprint density at radius 2 is 0.588 bits per heavy atom. The van der Waals surface area contributed by atoms with Gasteiger partial charge >= 0.3 is 0 Å². The van der Waals surface area contributed by atoms with Crippen LogP contribution < -0.4 is 0 Å². The van der Waals surface area contributed by atoms with Crippen LogP contribution in [0.15, 0.2) is 182 Å². The van der Waals surface area contributed by atoms with Crippen LogP contribution in [0, 0.1) is 0 Å². The molecule has 2 aromatic heterocycles. The zero-order valence-corrected chi connectivity index (χ0v) is 27.7. The predicted molar refractivity (Wildman–Crippen MR) is 211 cm³/mol. The van der Waals surface area contributed by atoms with E-state index in [4.69, 9.17) is 0 Å². The summed E-state index contributed by atoms with van der Waals surface area (Å²) < 4.78 is 5.03. The number of benzene rings is 8. The summed E-state index contributed by atoms with van der Waals surface area (Å²) in [7, 11) is 0. The van der Waals surface area contributed by atoms with Gasteiger partial charge in [0.1, 0.15) is 0 Å². The van der Waals surface area contributed by atoms with E-state index in [0.717, 1.165) is 0 Å². The molecule has 0 aliphatic heterocycles. The number of hydrogen-bond donors (Lipinski definition) is 0. The van der Waals surface area contributed by atoms with Crippen LogP contribution in [0.25, 0.3) is 77.2 Å². The Morgan fingerprint density at radius 3 is 1.00 bits per heavy atom. The molecule has 1 spiro atoms. The summed E-state index contributed by atoms with van der Waals surface area (Å²) in [4.78, 5) is 0. The quantitative estimate of drug-likeness (QED) is 0.177. The lowest BCUT2D eigenvalue weighted by molar-refractivity contribution is 0.792. The van der Waals surface area contributed by atoms with Crippen molar-refractivity contribution in [3.05, 3.63) is 204 Å². The van der Waals surface area contributed by atoms with Gasteiger partial charge in [0.15, 0.2) is 0 Å². The molecule has 0 bridgehead atoms. The molecule has 2 heterocycles. The molecule has 0 radical (unpaired) electrons. The molecular weight excluding hydrogens is 617 g/mol. The fourth-order valence-corrected chi connectivity index (χ4v) is 9.84. The summed E-state index contributed by atoms with van der Waals surface area (Å²) in [6.45, 7) is 0. The minimum atomic E-state index is -0.439. The molecule has 0 atom stereocenters. The topological polar surface area (TPSA) is 9.86 Å². The molecule has 0 saturated carbocycles. The molecule has 0 amide bonds. The first-order chi connectivity index (χ1) is 25.3. The van der Waals surface area contributed by atoms with Crippen molar-refractivity contribution in [2.75, 3.05) is 0 Å². The standard InChI is InChI=1S/C49H30N2/c1-8-22-39-31(15-1)32-16-2-9-23-40(32)49(39)41-24-10-3-17-33(41)38-29-47(50-43-25-11-4-18-34(43)35-19-5-12-26-44(35)50)48(30-42(38)49)51-45-27-13-6-20-36(45)37-21-7-14-28-46(37)51/h1-30H. The highest BCUT2D eigenvalue weighted by Gasteiger charge is 2.52. The lowest BCUT2D eigenvalue weighted by Gasteiger charge is -2.31. The Kier molecular flexibility index (Phi) is 5.20. The molecule has 0 unspecified atom stereocenters. The number of hydrogen-bond acceptors (Lipinski definition) is 0. The van der Waals surface area contributed by atoms with Gasteiger partial charge in [-0.05, 0) is 80.9 Å². The molecule has 2 aliphatic carbocycles. The molecule has 10 aromatic rings. The summed E-state index contributed by atoms with van der Waals surface area (Å²) in [5, 5.41) is 5.04. The molecule has 51 heavy (non-hydrogen) atoms. The Morgan fingerprint density at radius 1 is 0.275 bits per heavy atom. The van der Waals surface area contributed by atoms with Crippen molar-refractivity contribution < 1.29 is 0 Å². The van der Waals surface area contributed by atoms with Crippen LogP contribution >= 0.6 is 0 Å².